The van der Waals surface area contributed by atoms with Crippen LogP contribution in [0.2, 0.25) is 0 Å². The highest BCUT2D eigenvalue weighted by atomic mass is 79.9. The van der Waals surface area contributed by atoms with Gasteiger partial charge in [0.15, 0.2) is 0 Å². The average Bonchev–Trinajstić information content (AvgIpc) is 2.64. The summed E-state index contributed by atoms with van der Waals surface area (Å²) in [6.07, 6.45) is -0.299. The first-order chi connectivity index (χ1) is 7.22. The molecular formula is C10H10BrNO3. The van der Waals surface area contributed by atoms with Crippen LogP contribution >= 0.6 is 15.9 Å². The molecule has 1 saturated heterocycles. The maximum Gasteiger partial charge on any atom is 0.414 e. The van der Waals surface area contributed by atoms with Gasteiger partial charge in [-0.25, -0.2) is 4.79 Å². The predicted octanol–water partition coefficient (Wildman–Crippen LogP) is 2.41. The van der Waals surface area contributed by atoms with Crippen LogP contribution in [-0.2, 0) is 4.74 Å². The van der Waals surface area contributed by atoms with Crippen LogP contribution in [0.3, 0.4) is 0 Å². The van der Waals surface area contributed by atoms with E-state index in [0.717, 1.165) is 15.9 Å². The molecular weight excluding hydrogens is 262 g/mol. The summed E-state index contributed by atoms with van der Waals surface area (Å²) in [5.41, 5.74) is 0.810. The Morgan fingerprint density at radius 3 is 2.87 bits per heavy atom. The van der Waals surface area contributed by atoms with Gasteiger partial charge >= 0.3 is 6.09 Å². The van der Waals surface area contributed by atoms with Gasteiger partial charge in [-0.05, 0) is 34.1 Å². The van der Waals surface area contributed by atoms with Crippen LogP contribution in [-0.4, -0.2) is 26.4 Å². The maximum absolute atomic E-state index is 11.3. The summed E-state index contributed by atoms with van der Waals surface area (Å²) in [5.74, 6) is 0.742. The molecule has 1 amide bonds. The number of cyclic esters (lactones) is 1. The van der Waals surface area contributed by atoms with Crippen molar-refractivity contribution in [3.63, 3.8) is 0 Å². The number of ether oxygens (including phenoxy) is 2. The highest BCUT2D eigenvalue weighted by Crippen LogP contribution is 2.30. The Balaban J connectivity index is 2.29. The first-order valence-corrected chi connectivity index (χ1v) is 5.29. The van der Waals surface area contributed by atoms with Crippen molar-refractivity contribution in [2.75, 3.05) is 25.2 Å². The molecule has 0 aromatic heterocycles. The third-order valence-corrected chi connectivity index (χ3v) is 2.83. The molecule has 1 heterocycles. The summed E-state index contributed by atoms with van der Waals surface area (Å²) in [6, 6.07) is 5.48. The Kier molecular flexibility index (Phi) is 2.81. The van der Waals surface area contributed by atoms with E-state index < -0.39 is 0 Å². The lowest BCUT2D eigenvalue weighted by Crippen LogP contribution is -2.23. The van der Waals surface area contributed by atoms with Gasteiger partial charge in [-0.2, -0.15) is 0 Å². The largest absolute Gasteiger partial charge is 0.496 e. The second-order valence-corrected chi connectivity index (χ2v) is 3.94. The lowest BCUT2D eigenvalue weighted by atomic mass is 10.3. The summed E-state index contributed by atoms with van der Waals surface area (Å²) < 4.78 is 10.8. The molecule has 0 N–H and O–H groups in total. The van der Waals surface area contributed by atoms with E-state index in [2.05, 4.69) is 15.9 Å². The van der Waals surface area contributed by atoms with Crippen molar-refractivity contribution in [2.24, 2.45) is 0 Å². The van der Waals surface area contributed by atoms with Gasteiger partial charge in [-0.1, -0.05) is 0 Å². The van der Waals surface area contributed by atoms with E-state index in [1.807, 2.05) is 18.2 Å². The molecule has 0 aliphatic carbocycles. The topological polar surface area (TPSA) is 38.8 Å². The molecule has 2 rings (SSSR count). The van der Waals surface area contributed by atoms with Crippen LogP contribution in [0, 0.1) is 0 Å². The van der Waals surface area contributed by atoms with Crippen LogP contribution in [0.1, 0.15) is 0 Å². The molecule has 0 atom stereocenters. The third-order valence-electron chi connectivity index (χ3n) is 2.21. The normalized spacial score (nSPS) is 15.3. The van der Waals surface area contributed by atoms with E-state index in [-0.39, 0.29) is 6.09 Å². The Bertz CT molecular complexity index is 394. The van der Waals surface area contributed by atoms with Crippen molar-refractivity contribution in [3.05, 3.63) is 22.7 Å². The highest BCUT2D eigenvalue weighted by Gasteiger charge is 2.23. The van der Waals surface area contributed by atoms with Gasteiger partial charge < -0.3 is 9.47 Å². The highest BCUT2D eigenvalue weighted by molar-refractivity contribution is 9.10. The minimum atomic E-state index is -0.299. The zero-order chi connectivity index (χ0) is 10.8. The smallest absolute Gasteiger partial charge is 0.414 e. The Morgan fingerprint density at radius 1 is 1.53 bits per heavy atom. The van der Waals surface area contributed by atoms with Crippen molar-refractivity contribution in [3.8, 4) is 5.75 Å². The van der Waals surface area contributed by atoms with E-state index in [1.165, 1.54) is 0 Å². The number of rotatable bonds is 2. The van der Waals surface area contributed by atoms with Gasteiger partial charge in [0.05, 0.1) is 18.1 Å². The zero-order valence-corrected chi connectivity index (χ0v) is 9.78. The lowest BCUT2D eigenvalue weighted by molar-refractivity contribution is 0.181. The number of hydrogen-bond acceptors (Lipinski definition) is 3. The summed E-state index contributed by atoms with van der Waals surface area (Å²) in [4.78, 5) is 12.9. The van der Waals surface area contributed by atoms with Crippen molar-refractivity contribution in [1.29, 1.82) is 0 Å². The second-order valence-electron chi connectivity index (χ2n) is 3.08. The van der Waals surface area contributed by atoms with Crippen molar-refractivity contribution in [1.82, 2.24) is 0 Å². The number of methoxy groups -OCH3 is 1. The molecule has 1 aliphatic rings. The molecule has 1 aromatic carbocycles. The fourth-order valence-electron chi connectivity index (χ4n) is 1.45. The molecule has 0 radical (unpaired) electrons. The quantitative estimate of drug-likeness (QED) is 0.829. The lowest BCUT2D eigenvalue weighted by Gasteiger charge is -2.13. The molecule has 0 unspecified atom stereocenters. The molecule has 0 spiro atoms. The number of hydrogen-bond donors (Lipinski definition) is 0. The van der Waals surface area contributed by atoms with Crippen LogP contribution in [0.15, 0.2) is 22.7 Å². The first kappa shape index (κ1) is 10.3. The number of halogens is 1. The van der Waals surface area contributed by atoms with E-state index in [0.29, 0.717) is 13.2 Å². The molecule has 4 nitrogen and oxygen atoms in total. The molecule has 15 heavy (non-hydrogen) atoms. The van der Waals surface area contributed by atoms with Crippen LogP contribution < -0.4 is 9.64 Å². The zero-order valence-electron chi connectivity index (χ0n) is 8.20. The van der Waals surface area contributed by atoms with Gasteiger partial charge in [-0.15, -0.1) is 0 Å². The average molecular weight is 272 g/mol. The van der Waals surface area contributed by atoms with Crippen molar-refractivity contribution < 1.29 is 14.3 Å². The van der Waals surface area contributed by atoms with Crippen LogP contribution in [0.5, 0.6) is 5.75 Å². The van der Waals surface area contributed by atoms with Crippen molar-refractivity contribution >= 4 is 27.7 Å². The van der Waals surface area contributed by atoms with Gasteiger partial charge in [0.25, 0.3) is 0 Å². The minimum absolute atomic E-state index is 0.299. The molecule has 80 valence electrons. The number of amides is 1. The fraction of sp³-hybridized carbons (Fsp3) is 0.300. The Labute approximate surface area is 95.9 Å². The maximum atomic E-state index is 11.3. The van der Waals surface area contributed by atoms with Gasteiger partial charge in [-0.3, -0.25) is 4.90 Å². The van der Waals surface area contributed by atoms with E-state index in [9.17, 15) is 4.79 Å². The van der Waals surface area contributed by atoms with Gasteiger partial charge in [0, 0.05) is 5.69 Å². The molecule has 1 fully saturated rings. The van der Waals surface area contributed by atoms with Crippen molar-refractivity contribution in [2.45, 2.75) is 0 Å². The second kappa shape index (κ2) is 4.10. The minimum Gasteiger partial charge on any atom is -0.496 e. The number of benzene rings is 1. The first-order valence-electron chi connectivity index (χ1n) is 4.50. The van der Waals surface area contributed by atoms with E-state index in [1.54, 1.807) is 12.0 Å². The van der Waals surface area contributed by atoms with E-state index in [4.69, 9.17) is 9.47 Å². The standard InChI is InChI=1S/C10H10BrNO3/c1-14-9-3-2-7(6-8(9)11)12-4-5-15-10(12)13/h2-3,6H,4-5H2,1H3. The van der Waals surface area contributed by atoms with E-state index >= 15 is 0 Å². The van der Waals surface area contributed by atoms with Crippen LogP contribution in [0.25, 0.3) is 0 Å². The summed E-state index contributed by atoms with van der Waals surface area (Å²) in [7, 11) is 1.60. The Hall–Kier alpha value is -1.23. The molecule has 0 saturated carbocycles. The third kappa shape index (κ3) is 1.92. The predicted molar refractivity (Wildman–Crippen MR) is 59.4 cm³/mol. The number of nitrogens with zero attached hydrogens (tertiary/aromatic N) is 1. The number of anilines is 1. The molecule has 0 bridgehead atoms. The monoisotopic (exact) mass is 271 g/mol. The van der Waals surface area contributed by atoms with Gasteiger partial charge in [0.1, 0.15) is 12.4 Å². The SMILES string of the molecule is COc1ccc(N2CCOC2=O)cc1Br. The fourth-order valence-corrected chi connectivity index (χ4v) is 1.98. The summed E-state index contributed by atoms with van der Waals surface area (Å²) >= 11 is 3.37. The number of carbonyl (C=O) groups is 1. The van der Waals surface area contributed by atoms with Gasteiger partial charge in [0.2, 0.25) is 0 Å². The molecule has 1 aliphatic heterocycles. The summed E-state index contributed by atoms with van der Waals surface area (Å²) in [5, 5.41) is 0. The molecule has 5 heteroatoms. The molecule has 1 aromatic rings. The Morgan fingerprint density at radius 2 is 2.33 bits per heavy atom. The number of carbonyl (C=O) groups excluding carboxylic acids is 1. The van der Waals surface area contributed by atoms with Crippen LogP contribution in [0.4, 0.5) is 10.5 Å². The summed E-state index contributed by atoms with van der Waals surface area (Å²) in [6.45, 7) is 1.04.